The van der Waals surface area contributed by atoms with E-state index < -0.39 is 0 Å². The molecule has 1 rings (SSSR count). The van der Waals surface area contributed by atoms with Gasteiger partial charge in [0.15, 0.2) is 0 Å². The molecular formula is C12H22O. The number of aliphatic hydroxyl groups is 1. The summed E-state index contributed by atoms with van der Waals surface area (Å²) in [4.78, 5) is 0. The third-order valence-corrected chi connectivity index (χ3v) is 3.01. The number of hydrogen-bond donors (Lipinski definition) is 1. The smallest absolute Gasteiger partial charge is 0.0580 e. The largest absolute Gasteiger partial charge is 0.393 e. The fraction of sp³-hybridized carbons (Fsp3) is 0.833. The molecule has 0 bridgehead atoms. The first-order valence-electron chi connectivity index (χ1n) is 5.42. The second-order valence-corrected chi connectivity index (χ2v) is 4.76. The lowest BCUT2D eigenvalue weighted by atomic mass is 9.80. The summed E-state index contributed by atoms with van der Waals surface area (Å²) in [5, 5.41) is 9.59. The van der Waals surface area contributed by atoms with E-state index in [0.29, 0.717) is 11.8 Å². The highest BCUT2D eigenvalue weighted by Crippen LogP contribution is 2.33. The summed E-state index contributed by atoms with van der Waals surface area (Å²) in [6.07, 6.45) is 2.89. The van der Waals surface area contributed by atoms with Gasteiger partial charge in [-0.1, -0.05) is 38.8 Å². The quantitative estimate of drug-likeness (QED) is 0.650. The zero-order valence-electron chi connectivity index (χ0n) is 9.30. The SMILES string of the molecule is CC(C)C1=C(C(C)C)CC(O)CC1. The molecule has 1 heteroatoms. The predicted molar refractivity (Wildman–Crippen MR) is 56.6 cm³/mol. The van der Waals surface area contributed by atoms with Gasteiger partial charge in [0.1, 0.15) is 0 Å². The van der Waals surface area contributed by atoms with Crippen molar-refractivity contribution < 1.29 is 5.11 Å². The van der Waals surface area contributed by atoms with E-state index in [1.54, 1.807) is 5.57 Å². The Morgan fingerprint density at radius 2 is 1.62 bits per heavy atom. The van der Waals surface area contributed by atoms with E-state index in [0.717, 1.165) is 19.3 Å². The van der Waals surface area contributed by atoms with Crippen molar-refractivity contribution in [1.29, 1.82) is 0 Å². The Kier molecular flexibility index (Phi) is 3.55. The number of hydrogen-bond acceptors (Lipinski definition) is 1. The van der Waals surface area contributed by atoms with Crippen molar-refractivity contribution in [2.24, 2.45) is 11.8 Å². The minimum absolute atomic E-state index is 0.0834. The summed E-state index contributed by atoms with van der Waals surface area (Å²) in [7, 11) is 0. The Labute approximate surface area is 81.9 Å². The molecule has 13 heavy (non-hydrogen) atoms. The zero-order chi connectivity index (χ0) is 10.0. The first-order chi connectivity index (χ1) is 6.02. The molecule has 0 radical (unpaired) electrons. The van der Waals surface area contributed by atoms with Crippen LogP contribution >= 0.6 is 0 Å². The molecule has 0 aromatic carbocycles. The number of rotatable bonds is 2. The lowest BCUT2D eigenvalue weighted by Gasteiger charge is -2.28. The van der Waals surface area contributed by atoms with Gasteiger partial charge in [-0.25, -0.2) is 0 Å². The van der Waals surface area contributed by atoms with Crippen molar-refractivity contribution in [3.05, 3.63) is 11.1 Å². The van der Waals surface area contributed by atoms with E-state index in [1.165, 1.54) is 5.57 Å². The Morgan fingerprint density at radius 3 is 2.08 bits per heavy atom. The summed E-state index contributed by atoms with van der Waals surface area (Å²) >= 11 is 0. The Hall–Kier alpha value is -0.300. The fourth-order valence-corrected chi connectivity index (χ4v) is 2.24. The van der Waals surface area contributed by atoms with Gasteiger partial charge in [0, 0.05) is 0 Å². The van der Waals surface area contributed by atoms with Crippen molar-refractivity contribution in [3.8, 4) is 0 Å². The summed E-state index contributed by atoms with van der Waals surface area (Å²) in [6.45, 7) is 8.98. The van der Waals surface area contributed by atoms with E-state index in [1.807, 2.05) is 0 Å². The maximum Gasteiger partial charge on any atom is 0.0580 e. The van der Waals surface area contributed by atoms with Crippen LogP contribution in [0.5, 0.6) is 0 Å². The van der Waals surface area contributed by atoms with Gasteiger partial charge in [0.05, 0.1) is 6.10 Å². The van der Waals surface area contributed by atoms with Crippen molar-refractivity contribution in [2.45, 2.75) is 53.1 Å². The molecule has 1 aliphatic carbocycles. The van der Waals surface area contributed by atoms with Crippen molar-refractivity contribution in [2.75, 3.05) is 0 Å². The third kappa shape index (κ3) is 2.57. The van der Waals surface area contributed by atoms with Crippen LogP contribution in [0.15, 0.2) is 11.1 Å². The number of allylic oxidation sites excluding steroid dienone is 1. The van der Waals surface area contributed by atoms with Crippen LogP contribution < -0.4 is 0 Å². The van der Waals surface area contributed by atoms with E-state index in [2.05, 4.69) is 27.7 Å². The molecular weight excluding hydrogens is 160 g/mol. The molecule has 0 saturated heterocycles. The average molecular weight is 182 g/mol. The van der Waals surface area contributed by atoms with Gasteiger partial charge in [-0.05, 0) is 31.1 Å². The van der Waals surface area contributed by atoms with Crippen LogP contribution in [0.1, 0.15) is 47.0 Å². The zero-order valence-corrected chi connectivity index (χ0v) is 9.30. The van der Waals surface area contributed by atoms with E-state index >= 15 is 0 Å². The highest BCUT2D eigenvalue weighted by Gasteiger charge is 2.22. The molecule has 0 fully saturated rings. The van der Waals surface area contributed by atoms with Gasteiger partial charge in [-0.3, -0.25) is 0 Å². The molecule has 0 spiro atoms. The van der Waals surface area contributed by atoms with Gasteiger partial charge < -0.3 is 5.11 Å². The maximum absolute atomic E-state index is 9.59. The summed E-state index contributed by atoms with van der Waals surface area (Å²) in [5.41, 5.74) is 3.11. The van der Waals surface area contributed by atoms with Crippen LogP contribution in [0.3, 0.4) is 0 Å². The van der Waals surface area contributed by atoms with Crippen LogP contribution in [-0.2, 0) is 0 Å². The van der Waals surface area contributed by atoms with Crippen molar-refractivity contribution >= 4 is 0 Å². The van der Waals surface area contributed by atoms with Crippen LogP contribution in [0.2, 0.25) is 0 Å². The normalized spacial score (nSPS) is 24.7. The van der Waals surface area contributed by atoms with Gasteiger partial charge in [-0.15, -0.1) is 0 Å². The van der Waals surface area contributed by atoms with Gasteiger partial charge in [-0.2, -0.15) is 0 Å². The molecule has 0 amide bonds. The Balaban J connectivity index is 2.87. The van der Waals surface area contributed by atoms with Crippen LogP contribution in [0, 0.1) is 11.8 Å². The second-order valence-electron chi connectivity index (χ2n) is 4.76. The molecule has 1 unspecified atom stereocenters. The average Bonchev–Trinajstić information content (AvgIpc) is 2.03. The summed E-state index contributed by atoms with van der Waals surface area (Å²) in [5.74, 6) is 1.26. The lowest BCUT2D eigenvalue weighted by Crippen LogP contribution is -2.19. The highest BCUT2D eigenvalue weighted by molar-refractivity contribution is 5.21. The molecule has 0 aromatic rings. The monoisotopic (exact) mass is 182 g/mol. The predicted octanol–water partition coefficient (Wildman–Crippen LogP) is 3.14. The first kappa shape index (κ1) is 10.8. The Morgan fingerprint density at radius 1 is 1.08 bits per heavy atom. The molecule has 1 atom stereocenters. The molecule has 1 N–H and O–H groups in total. The first-order valence-corrected chi connectivity index (χ1v) is 5.42. The summed E-state index contributed by atoms with van der Waals surface area (Å²) < 4.78 is 0. The molecule has 1 nitrogen and oxygen atoms in total. The van der Waals surface area contributed by atoms with Crippen LogP contribution in [0.25, 0.3) is 0 Å². The van der Waals surface area contributed by atoms with E-state index in [9.17, 15) is 5.11 Å². The van der Waals surface area contributed by atoms with E-state index in [-0.39, 0.29) is 6.10 Å². The second kappa shape index (κ2) is 4.28. The molecule has 0 heterocycles. The minimum atomic E-state index is -0.0834. The molecule has 0 saturated carbocycles. The maximum atomic E-state index is 9.59. The molecule has 0 aromatic heterocycles. The fourth-order valence-electron chi connectivity index (χ4n) is 2.24. The number of aliphatic hydroxyl groups excluding tert-OH is 1. The lowest BCUT2D eigenvalue weighted by molar-refractivity contribution is 0.153. The van der Waals surface area contributed by atoms with Gasteiger partial charge >= 0.3 is 0 Å². The molecule has 0 aliphatic heterocycles. The van der Waals surface area contributed by atoms with Crippen molar-refractivity contribution in [3.63, 3.8) is 0 Å². The van der Waals surface area contributed by atoms with Crippen LogP contribution in [0.4, 0.5) is 0 Å². The minimum Gasteiger partial charge on any atom is -0.393 e. The van der Waals surface area contributed by atoms with Crippen LogP contribution in [-0.4, -0.2) is 11.2 Å². The standard InChI is InChI=1S/C12H22O/c1-8(2)11-6-5-10(13)7-12(11)9(3)4/h8-10,13H,5-7H2,1-4H3. The summed E-state index contributed by atoms with van der Waals surface area (Å²) in [6, 6.07) is 0. The Bertz CT molecular complexity index is 201. The van der Waals surface area contributed by atoms with Gasteiger partial charge in [0.2, 0.25) is 0 Å². The van der Waals surface area contributed by atoms with Crippen molar-refractivity contribution in [1.82, 2.24) is 0 Å². The van der Waals surface area contributed by atoms with E-state index in [4.69, 9.17) is 0 Å². The van der Waals surface area contributed by atoms with Gasteiger partial charge in [0.25, 0.3) is 0 Å². The molecule has 76 valence electrons. The topological polar surface area (TPSA) is 20.2 Å². The third-order valence-electron chi connectivity index (χ3n) is 3.01. The molecule has 1 aliphatic rings. The highest BCUT2D eigenvalue weighted by atomic mass is 16.3.